The maximum absolute atomic E-state index is 11.3. The summed E-state index contributed by atoms with van der Waals surface area (Å²) in [5, 5.41) is 13.3. The Morgan fingerprint density at radius 3 is 2.26 bits per heavy atom. The lowest BCUT2D eigenvalue weighted by Gasteiger charge is -2.40. The lowest BCUT2D eigenvalue weighted by molar-refractivity contribution is -0.130. The molecule has 2 aliphatic rings. The third-order valence-corrected chi connectivity index (χ3v) is 4.10. The molecular formula is C13H24N4O2. The van der Waals surface area contributed by atoms with Gasteiger partial charge in [0.25, 0.3) is 0 Å². The Bertz CT molecular complexity index is 358. The van der Waals surface area contributed by atoms with Crippen LogP contribution >= 0.6 is 0 Å². The number of amides is 1. The zero-order valence-electron chi connectivity index (χ0n) is 11.9. The summed E-state index contributed by atoms with van der Waals surface area (Å²) in [5.41, 5.74) is -0.544. The monoisotopic (exact) mass is 268 g/mol. The van der Waals surface area contributed by atoms with Crippen molar-refractivity contribution >= 4 is 11.9 Å². The van der Waals surface area contributed by atoms with Crippen molar-refractivity contribution in [1.29, 1.82) is 0 Å². The van der Waals surface area contributed by atoms with Crippen LogP contribution in [0, 0.1) is 0 Å². The first-order chi connectivity index (χ1) is 9.04. The molecule has 0 atom stereocenters. The first-order valence-corrected chi connectivity index (χ1v) is 6.97. The zero-order valence-corrected chi connectivity index (χ0v) is 11.9. The summed E-state index contributed by atoms with van der Waals surface area (Å²) in [4.78, 5) is 19.5. The van der Waals surface area contributed by atoms with Crippen LogP contribution in [0.5, 0.6) is 0 Å². The highest BCUT2D eigenvalue weighted by molar-refractivity contribution is 5.80. The minimum absolute atomic E-state index is 0.131. The molecule has 1 heterocycles. The molecule has 1 aliphatic heterocycles. The molecule has 0 bridgehead atoms. The number of aliphatic imine (C=N–C) groups is 1. The minimum Gasteiger partial charge on any atom is -0.388 e. The van der Waals surface area contributed by atoms with Crippen molar-refractivity contribution in [2.75, 3.05) is 39.8 Å². The zero-order chi connectivity index (χ0) is 13.9. The molecule has 0 spiro atoms. The van der Waals surface area contributed by atoms with Crippen LogP contribution in [0.2, 0.25) is 0 Å². The Morgan fingerprint density at radius 1 is 1.26 bits per heavy atom. The number of piperazine rings is 1. The molecule has 0 radical (unpaired) electrons. The molecule has 1 amide bonds. The Labute approximate surface area is 114 Å². The quantitative estimate of drug-likeness (QED) is 0.530. The number of nitrogens with zero attached hydrogens (tertiary/aromatic N) is 3. The fourth-order valence-electron chi connectivity index (χ4n) is 2.57. The predicted octanol–water partition coefficient (Wildman–Crippen LogP) is -0.359. The van der Waals surface area contributed by atoms with E-state index >= 15 is 0 Å². The molecule has 6 nitrogen and oxygen atoms in total. The van der Waals surface area contributed by atoms with Gasteiger partial charge in [-0.1, -0.05) is 0 Å². The van der Waals surface area contributed by atoms with E-state index in [9.17, 15) is 9.90 Å². The molecule has 0 unspecified atom stereocenters. The topological polar surface area (TPSA) is 68.2 Å². The third-order valence-electron chi connectivity index (χ3n) is 4.10. The fraction of sp³-hybridized carbons (Fsp3) is 0.846. The summed E-state index contributed by atoms with van der Waals surface area (Å²) in [7, 11) is 1.75. The van der Waals surface area contributed by atoms with Gasteiger partial charge in [0.1, 0.15) is 0 Å². The highest BCUT2D eigenvalue weighted by atomic mass is 16.3. The van der Waals surface area contributed by atoms with Crippen molar-refractivity contribution in [3.05, 3.63) is 0 Å². The molecule has 0 aromatic heterocycles. The lowest BCUT2D eigenvalue weighted by Crippen LogP contribution is -2.56. The van der Waals surface area contributed by atoms with E-state index in [1.807, 2.05) is 4.90 Å². The van der Waals surface area contributed by atoms with Crippen molar-refractivity contribution in [3.8, 4) is 0 Å². The van der Waals surface area contributed by atoms with Crippen LogP contribution in [0.4, 0.5) is 0 Å². The van der Waals surface area contributed by atoms with E-state index in [2.05, 4.69) is 15.2 Å². The van der Waals surface area contributed by atoms with Gasteiger partial charge in [0, 0.05) is 46.7 Å². The minimum atomic E-state index is -0.544. The molecule has 2 N–H and O–H groups in total. The number of aliphatic hydroxyl groups is 1. The number of nitrogens with one attached hydrogen (secondary N) is 1. The smallest absolute Gasteiger partial charge is 0.219 e. The average molecular weight is 268 g/mol. The maximum atomic E-state index is 11.3. The first-order valence-electron chi connectivity index (χ1n) is 6.97. The second-order valence-corrected chi connectivity index (χ2v) is 5.47. The van der Waals surface area contributed by atoms with Crippen LogP contribution in [0.25, 0.3) is 0 Å². The summed E-state index contributed by atoms with van der Waals surface area (Å²) in [6.45, 7) is 5.22. The van der Waals surface area contributed by atoms with Crippen LogP contribution in [0.3, 0.4) is 0 Å². The molecule has 1 saturated carbocycles. The maximum Gasteiger partial charge on any atom is 0.219 e. The molecule has 2 rings (SSSR count). The molecule has 1 aliphatic carbocycles. The highest BCUT2D eigenvalue weighted by Crippen LogP contribution is 2.30. The Hall–Kier alpha value is -1.30. The first kappa shape index (κ1) is 14.1. The Kier molecular flexibility index (Phi) is 4.29. The van der Waals surface area contributed by atoms with Crippen LogP contribution < -0.4 is 5.32 Å². The van der Waals surface area contributed by atoms with Crippen LogP contribution in [0.15, 0.2) is 4.99 Å². The van der Waals surface area contributed by atoms with Gasteiger partial charge in [-0.05, 0) is 19.3 Å². The Balaban J connectivity index is 1.81. The molecule has 19 heavy (non-hydrogen) atoms. The van der Waals surface area contributed by atoms with Crippen LogP contribution in [0.1, 0.15) is 26.2 Å². The van der Waals surface area contributed by atoms with Gasteiger partial charge >= 0.3 is 0 Å². The fourth-order valence-corrected chi connectivity index (χ4v) is 2.57. The summed E-state index contributed by atoms with van der Waals surface area (Å²) >= 11 is 0. The summed E-state index contributed by atoms with van der Waals surface area (Å²) in [5.74, 6) is 0.954. The van der Waals surface area contributed by atoms with Gasteiger partial charge in [0.15, 0.2) is 5.96 Å². The second-order valence-electron chi connectivity index (χ2n) is 5.47. The van der Waals surface area contributed by atoms with Gasteiger partial charge in [-0.2, -0.15) is 0 Å². The van der Waals surface area contributed by atoms with E-state index in [1.165, 1.54) is 0 Å². The third kappa shape index (κ3) is 3.37. The van der Waals surface area contributed by atoms with Crippen molar-refractivity contribution in [2.45, 2.75) is 31.8 Å². The number of carbonyl (C=O) groups is 1. The highest BCUT2D eigenvalue weighted by Gasteiger charge is 2.34. The van der Waals surface area contributed by atoms with Gasteiger partial charge in [-0.25, -0.2) is 0 Å². The standard InChI is InChI=1S/C13H24N4O2/c1-11(18)16-6-8-17(9-7-16)12(14-2)15-10-13(19)4-3-5-13/h19H,3-10H2,1-2H3,(H,14,15). The molecule has 6 heteroatoms. The normalized spacial score (nSPS) is 23.0. The van der Waals surface area contributed by atoms with Gasteiger partial charge in [-0.15, -0.1) is 0 Å². The molecular weight excluding hydrogens is 244 g/mol. The van der Waals surface area contributed by atoms with Gasteiger partial charge in [0.05, 0.1) is 5.60 Å². The number of guanidine groups is 1. The molecule has 108 valence electrons. The van der Waals surface area contributed by atoms with E-state index in [0.29, 0.717) is 6.54 Å². The van der Waals surface area contributed by atoms with Gasteiger partial charge in [-0.3, -0.25) is 9.79 Å². The van der Waals surface area contributed by atoms with Gasteiger partial charge in [0.2, 0.25) is 5.91 Å². The van der Waals surface area contributed by atoms with E-state index in [0.717, 1.165) is 51.4 Å². The largest absolute Gasteiger partial charge is 0.388 e. The van der Waals surface area contributed by atoms with E-state index in [1.54, 1.807) is 14.0 Å². The summed E-state index contributed by atoms with van der Waals surface area (Å²) in [6, 6.07) is 0. The summed E-state index contributed by atoms with van der Waals surface area (Å²) < 4.78 is 0. The van der Waals surface area contributed by atoms with E-state index in [4.69, 9.17) is 0 Å². The molecule has 0 aromatic carbocycles. The van der Waals surface area contributed by atoms with Crippen molar-refractivity contribution in [2.24, 2.45) is 4.99 Å². The number of hydrogen-bond acceptors (Lipinski definition) is 3. The lowest BCUT2D eigenvalue weighted by atomic mass is 9.80. The van der Waals surface area contributed by atoms with Crippen molar-refractivity contribution < 1.29 is 9.90 Å². The summed E-state index contributed by atoms with van der Waals surface area (Å²) in [6.07, 6.45) is 2.85. The SMILES string of the molecule is CN=C(NCC1(O)CCC1)N1CCN(C(C)=O)CC1. The number of carbonyl (C=O) groups excluding carboxylic acids is 1. The molecule has 2 fully saturated rings. The number of hydrogen-bond donors (Lipinski definition) is 2. The van der Waals surface area contributed by atoms with Crippen molar-refractivity contribution in [1.82, 2.24) is 15.1 Å². The van der Waals surface area contributed by atoms with Gasteiger partial charge < -0.3 is 20.2 Å². The average Bonchev–Trinajstić information content (AvgIpc) is 2.38. The molecule has 0 aromatic rings. The predicted molar refractivity (Wildman–Crippen MR) is 74.0 cm³/mol. The second kappa shape index (κ2) is 5.77. The van der Waals surface area contributed by atoms with E-state index in [-0.39, 0.29) is 5.91 Å². The van der Waals surface area contributed by atoms with Crippen LogP contribution in [-0.2, 0) is 4.79 Å². The molecule has 1 saturated heterocycles. The Morgan fingerprint density at radius 2 is 1.84 bits per heavy atom. The van der Waals surface area contributed by atoms with Crippen molar-refractivity contribution in [3.63, 3.8) is 0 Å². The van der Waals surface area contributed by atoms with Crippen LogP contribution in [-0.4, -0.2) is 72.1 Å². The number of rotatable bonds is 2. The van der Waals surface area contributed by atoms with E-state index < -0.39 is 5.60 Å².